The standard InChI is InChI=1S/C21H22ClN3O2/c1-13(2)19(24-20(26)15-4-7-16(22)8-5-15)21(27)25(3)17-9-6-14-10-11-23-18(14)12-17/h4-13,19,23H,1-3H3,(H,24,26)/t19-/m0/s1. The molecule has 0 aliphatic carbocycles. The Morgan fingerprint density at radius 2 is 1.78 bits per heavy atom. The zero-order chi connectivity index (χ0) is 19.6. The first-order valence-corrected chi connectivity index (χ1v) is 9.16. The van der Waals surface area contributed by atoms with Gasteiger partial charge in [0.2, 0.25) is 5.91 Å². The van der Waals surface area contributed by atoms with Crippen molar-refractivity contribution in [3.05, 3.63) is 65.3 Å². The molecule has 3 rings (SSSR count). The number of likely N-dealkylation sites (N-methyl/N-ethyl adjacent to an activating group) is 1. The number of nitrogens with zero attached hydrogens (tertiary/aromatic N) is 1. The van der Waals surface area contributed by atoms with Gasteiger partial charge in [0.1, 0.15) is 6.04 Å². The van der Waals surface area contributed by atoms with Crippen LogP contribution in [0.15, 0.2) is 54.7 Å². The summed E-state index contributed by atoms with van der Waals surface area (Å²) in [6, 6.07) is 13.7. The largest absolute Gasteiger partial charge is 0.361 e. The molecule has 3 aromatic rings. The Bertz CT molecular complexity index is 963. The Kier molecular flexibility index (Phi) is 5.51. The highest BCUT2D eigenvalue weighted by atomic mass is 35.5. The van der Waals surface area contributed by atoms with Crippen LogP contribution in [0.5, 0.6) is 0 Å². The molecule has 0 fully saturated rings. The summed E-state index contributed by atoms with van der Waals surface area (Å²) in [7, 11) is 1.72. The van der Waals surface area contributed by atoms with Crippen molar-refractivity contribution in [3.63, 3.8) is 0 Å². The molecule has 27 heavy (non-hydrogen) atoms. The van der Waals surface area contributed by atoms with Crippen molar-refractivity contribution in [2.75, 3.05) is 11.9 Å². The number of carbonyl (C=O) groups is 2. The van der Waals surface area contributed by atoms with E-state index in [2.05, 4.69) is 10.3 Å². The van der Waals surface area contributed by atoms with Crippen LogP contribution in [0.25, 0.3) is 10.9 Å². The molecule has 0 spiro atoms. The van der Waals surface area contributed by atoms with Crippen molar-refractivity contribution in [1.29, 1.82) is 0 Å². The van der Waals surface area contributed by atoms with Gasteiger partial charge in [-0.05, 0) is 53.8 Å². The summed E-state index contributed by atoms with van der Waals surface area (Å²) >= 11 is 5.87. The number of hydrogen-bond donors (Lipinski definition) is 2. The lowest BCUT2D eigenvalue weighted by molar-refractivity contribution is -0.121. The van der Waals surface area contributed by atoms with Gasteiger partial charge in [-0.25, -0.2) is 0 Å². The van der Waals surface area contributed by atoms with Crippen molar-refractivity contribution in [2.24, 2.45) is 5.92 Å². The smallest absolute Gasteiger partial charge is 0.251 e. The molecule has 0 unspecified atom stereocenters. The number of nitrogens with one attached hydrogen (secondary N) is 2. The number of benzene rings is 2. The van der Waals surface area contributed by atoms with Gasteiger partial charge in [0.05, 0.1) is 0 Å². The number of hydrogen-bond acceptors (Lipinski definition) is 2. The van der Waals surface area contributed by atoms with Gasteiger partial charge in [-0.1, -0.05) is 31.5 Å². The highest BCUT2D eigenvalue weighted by molar-refractivity contribution is 6.30. The number of amides is 2. The fraction of sp³-hybridized carbons (Fsp3) is 0.238. The monoisotopic (exact) mass is 383 g/mol. The lowest BCUT2D eigenvalue weighted by atomic mass is 10.0. The van der Waals surface area contributed by atoms with Crippen molar-refractivity contribution < 1.29 is 9.59 Å². The molecular weight excluding hydrogens is 362 g/mol. The summed E-state index contributed by atoms with van der Waals surface area (Å²) in [6.45, 7) is 3.82. The molecule has 2 aromatic carbocycles. The average molecular weight is 384 g/mol. The minimum absolute atomic E-state index is 0.0644. The van der Waals surface area contributed by atoms with Gasteiger partial charge in [-0.3, -0.25) is 9.59 Å². The Morgan fingerprint density at radius 3 is 2.44 bits per heavy atom. The van der Waals surface area contributed by atoms with Crippen LogP contribution in [0.2, 0.25) is 5.02 Å². The molecule has 0 saturated carbocycles. The zero-order valence-corrected chi connectivity index (χ0v) is 16.2. The molecule has 1 atom stereocenters. The molecule has 1 heterocycles. The Labute approximate surface area is 163 Å². The van der Waals surface area contributed by atoms with Gasteiger partial charge in [-0.2, -0.15) is 0 Å². The average Bonchev–Trinajstić information content (AvgIpc) is 3.12. The van der Waals surface area contributed by atoms with Crippen LogP contribution in [-0.2, 0) is 4.79 Å². The molecule has 6 heteroatoms. The first-order valence-electron chi connectivity index (χ1n) is 8.78. The summed E-state index contributed by atoms with van der Waals surface area (Å²) < 4.78 is 0. The summed E-state index contributed by atoms with van der Waals surface area (Å²) in [6.07, 6.45) is 1.86. The minimum atomic E-state index is -0.641. The van der Waals surface area contributed by atoms with Gasteiger partial charge < -0.3 is 15.2 Å². The Balaban J connectivity index is 1.79. The first kappa shape index (κ1) is 19.0. The van der Waals surface area contributed by atoms with Crippen LogP contribution in [0.1, 0.15) is 24.2 Å². The maximum absolute atomic E-state index is 13.1. The number of anilines is 1. The lowest BCUT2D eigenvalue weighted by Crippen LogP contribution is -2.50. The van der Waals surface area contributed by atoms with E-state index in [9.17, 15) is 9.59 Å². The predicted octanol–water partition coefficient (Wildman–Crippen LogP) is 4.24. The SMILES string of the molecule is CC(C)[C@H](NC(=O)c1ccc(Cl)cc1)C(=O)N(C)c1ccc2cc[nH]c2c1. The zero-order valence-electron chi connectivity index (χ0n) is 15.5. The van der Waals surface area contributed by atoms with Crippen LogP contribution in [0, 0.1) is 5.92 Å². The van der Waals surface area contributed by atoms with E-state index in [0.717, 1.165) is 16.6 Å². The quantitative estimate of drug-likeness (QED) is 0.692. The molecule has 0 bridgehead atoms. The normalized spacial score (nSPS) is 12.2. The number of halogens is 1. The van der Waals surface area contributed by atoms with E-state index < -0.39 is 6.04 Å². The molecule has 0 aliphatic rings. The number of aromatic amines is 1. The lowest BCUT2D eigenvalue weighted by Gasteiger charge is -2.27. The molecule has 5 nitrogen and oxygen atoms in total. The number of carbonyl (C=O) groups excluding carboxylic acids is 2. The Morgan fingerprint density at radius 1 is 1.07 bits per heavy atom. The summed E-state index contributed by atoms with van der Waals surface area (Å²) in [5.74, 6) is -0.532. The number of aromatic nitrogens is 1. The molecule has 0 aliphatic heterocycles. The van der Waals surface area contributed by atoms with Crippen molar-refractivity contribution in [2.45, 2.75) is 19.9 Å². The molecule has 140 valence electrons. The first-order chi connectivity index (χ1) is 12.9. The number of rotatable bonds is 5. The molecule has 0 radical (unpaired) electrons. The Hall–Kier alpha value is -2.79. The van der Waals surface area contributed by atoms with E-state index in [1.807, 2.05) is 44.3 Å². The highest BCUT2D eigenvalue weighted by Crippen LogP contribution is 2.22. The van der Waals surface area contributed by atoms with Crippen molar-refractivity contribution in [1.82, 2.24) is 10.3 Å². The fourth-order valence-corrected chi connectivity index (χ4v) is 3.05. The van der Waals surface area contributed by atoms with Crippen LogP contribution in [0.4, 0.5) is 5.69 Å². The van der Waals surface area contributed by atoms with Gasteiger partial charge in [0.25, 0.3) is 5.91 Å². The predicted molar refractivity (Wildman–Crippen MR) is 109 cm³/mol. The third-order valence-electron chi connectivity index (χ3n) is 4.58. The van der Waals surface area contributed by atoms with Crippen LogP contribution in [-0.4, -0.2) is 29.9 Å². The van der Waals surface area contributed by atoms with Crippen LogP contribution < -0.4 is 10.2 Å². The van der Waals surface area contributed by atoms with Crippen LogP contribution in [0.3, 0.4) is 0 Å². The molecule has 1 aromatic heterocycles. The van der Waals surface area contributed by atoms with Gasteiger partial charge in [-0.15, -0.1) is 0 Å². The van der Waals surface area contributed by atoms with E-state index in [4.69, 9.17) is 11.6 Å². The number of fused-ring (bicyclic) bond motifs is 1. The van der Waals surface area contributed by atoms with E-state index >= 15 is 0 Å². The highest BCUT2D eigenvalue weighted by Gasteiger charge is 2.28. The fourth-order valence-electron chi connectivity index (χ4n) is 2.92. The second kappa shape index (κ2) is 7.84. The molecular formula is C21H22ClN3O2. The third-order valence-corrected chi connectivity index (χ3v) is 4.83. The second-order valence-electron chi connectivity index (χ2n) is 6.85. The van der Waals surface area contributed by atoms with Gasteiger partial charge >= 0.3 is 0 Å². The van der Waals surface area contributed by atoms with E-state index in [0.29, 0.717) is 10.6 Å². The van der Waals surface area contributed by atoms with E-state index in [-0.39, 0.29) is 17.7 Å². The maximum atomic E-state index is 13.1. The van der Waals surface area contributed by atoms with Crippen LogP contribution >= 0.6 is 11.6 Å². The maximum Gasteiger partial charge on any atom is 0.251 e. The third kappa shape index (κ3) is 4.14. The number of H-pyrrole nitrogens is 1. The molecule has 2 amide bonds. The van der Waals surface area contributed by atoms with Crippen molar-refractivity contribution >= 4 is 40.0 Å². The van der Waals surface area contributed by atoms with Gasteiger partial charge in [0.15, 0.2) is 0 Å². The van der Waals surface area contributed by atoms with E-state index in [1.165, 1.54) is 0 Å². The summed E-state index contributed by atoms with van der Waals surface area (Å²) in [4.78, 5) is 30.3. The van der Waals surface area contributed by atoms with E-state index in [1.54, 1.807) is 36.2 Å². The van der Waals surface area contributed by atoms with Crippen molar-refractivity contribution in [3.8, 4) is 0 Å². The summed E-state index contributed by atoms with van der Waals surface area (Å²) in [5.41, 5.74) is 2.19. The summed E-state index contributed by atoms with van der Waals surface area (Å²) in [5, 5.41) is 4.49. The minimum Gasteiger partial charge on any atom is -0.361 e. The second-order valence-corrected chi connectivity index (χ2v) is 7.28. The molecule has 0 saturated heterocycles. The molecule has 2 N–H and O–H groups in total. The van der Waals surface area contributed by atoms with Gasteiger partial charge in [0, 0.05) is 35.0 Å². The topological polar surface area (TPSA) is 65.2 Å².